The number of halogens is 1. The lowest BCUT2D eigenvalue weighted by molar-refractivity contribution is 0.0998. The van der Waals surface area contributed by atoms with Gasteiger partial charge in [-0.2, -0.15) is 0 Å². The molecule has 0 aliphatic rings. The van der Waals surface area contributed by atoms with Crippen molar-refractivity contribution in [2.24, 2.45) is 5.73 Å². The molecular formula is C9H10ClNO3S. The summed E-state index contributed by atoms with van der Waals surface area (Å²) in [7, 11) is -3.47. The maximum absolute atomic E-state index is 11.4. The zero-order valence-electron chi connectivity index (χ0n) is 8.03. The molecule has 1 aromatic rings. The van der Waals surface area contributed by atoms with Crippen LogP contribution in [-0.4, -0.2) is 27.0 Å². The third kappa shape index (κ3) is 2.56. The van der Waals surface area contributed by atoms with Gasteiger partial charge >= 0.3 is 0 Å². The number of rotatable bonds is 3. The number of carbonyl (C=O) groups excluding carboxylic acids is 1. The van der Waals surface area contributed by atoms with E-state index in [4.69, 9.17) is 17.3 Å². The van der Waals surface area contributed by atoms with Crippen LogP contribution in [0.25, 0.3) is 0 Å². The number of benzene rings is 1. The molecule has 0 heterocycles. The molecular weight excluding hydrogens is 238 g/mol. The number of nitrogens with two attached hydrogens (primary N) is 1. The van der Waals surface area contributed by atoms with E-state index < -0.39 is 15.6 Å². The normalized spacial score (nSPS) is 11.4. The van der Waals surface area contributed by atoms with Crippen molar-refractivity contribution < 1.29 is 13.2 Å². The average molecular weight is 248 g/mol. The van der Waals surface area contributed by atoms with Crippen molar-refractivity contribution >= 4 is 27.2 Å². The van der Waals surface area contributed by atoms with Crippen LogP contribution in [0.3, 0.4) is 0 Å². The van der Waals surface area contributed by atoms with E-state index in [1.54, 1.807) is 0 Å². The minimum absolute atomic E-state index is 0.0239. The Morgan fingerprint density at radius 2 is 2.07 bits per heavy atom. The summed E-state index contributed by atoms with van der Waals surface area (Å²) >= 11 is 5.77. The Bertz CT molecular complexity index is 496. The molecule has 0 radical (unpaired) electrons. The van der Waals surface area contributed by atoms with Gasteiger partial charge < -0.3 is 5.73 Å². The third-order valence-corrected chi connectivity index (χ3v) is 3.29. The number of ketones is 1. The molecule has 0 atom stereocenters. The zero-order valence-corrected chi connectivity index (χ0v) is 9.60. The smallest absolute Gasteiger partial charge is 0.179 e. The minimum atomic E-state index is -3.47. The highest BCUT2D eigenvalue weighted by atomic mass is 35.5. The lowest BCUT2D eigenvalue weighted by atomic mass is 10.1. The van der Waals surface area contributed by atoms with Gasteiger partial charge in [-0.15, -0.1) is 0 Å². The van der Waals surface area contributed by atoms with Crippen molar-refractivity contribution in [3.63, 3.8) is 0 Å². The van der Waals surface area contributed by atoms with Gasteiger partial charge in [0.2, 0.25) is 0 Å². The molecule has 15 heavy (non-hydrogen) atoms. The first-order valence-corrected chi connectivity index (χ1v) is 6.36. The summed E-state index contributed by atoms with van der Waals surface area (Å²) in [4.78, 5) is 11.3. The van der Waals surface area contributed by atoms with E-state index in [0.29, 0.717) is 0 Å². The molecule has 0 amide bonds. The quantitative estimate of drug-likeness (QED) is 0.805. The van der Waals surface area contributed by atoms with Crippen LogP contribution >= 0.6 is 11.6 Å². The Labute approximate surface area is 93.0 Å². The van der Waals surface area contributed by atoms with E-state index in [2.05, 4.69) is 0 Å². The molecule has 0 saturated carbocycles. The van der Waals surface area contributed by atoms with E-state index in [1.165, 1.54) is 18.2 Å². The van der Waals surface area contributed by atoms with E-state index in [0.717, 1.165) is 6.26 Å². The fourth-order valence-electron chi connectivity index (χ4n) is 1.19. The zero-order chi connectivity index (χ0) is 11.6. The van der Waals surface area contributed by atoms with Crippen molar-refractivity contribution in [2.75, 3.05) is 12.8 Å². The molecule has 4 nitrogen and oxygen atoms in total. The number of carbonyl (C=O) groups is 1. The van der Waals surface area contributed by atoms with Gasteiger partial charge in [-0.05, 0) is 12.1 Å². The average Bonchev–Trinajstić information content (AvgIpc) is 2.15. The second kappa shape index (κ2) is 4.30. The van der Waals surface area contributed by atoms with Crippen LogP contribution in [-0.2, 0) is 9.84 Å². The fourth-order valence-corrected chi connectivity index (χ4v) is 2.44. The Hall–Kier alpha value is -0.910. The topological polar surface area (TPSA) is 77.2 Å². The standard InChI is InChI=1S/C9H10ClNO3S/c1-15(13,14)8-4-2-3-6(10)9(8)7(12)5-11/h2-4H,5,11H2,1H3. The van der Waals surface area contributed by atoms with Gasteiger partial charge in [-0.25, -0.2) is 8.42 Å². The van der Waals surface area contributed by atoms with Gasteiger partial charge in [0.25, 0.3) is 0 Å². The van der Waals surface area contributed by atoms with Gasteiger partial charge in [0.1, 0.15) is 0 Å². The maximum atomic E-state index is 11.4. The molecule has 0 saturated heterocycles. The van der Waals surface area contributed by atoms with Crippen LogP contribution in [0.2, 0.25) is 5.02 Å². The molecule has 0 bridgehead atoms. The van der Waals surface area contributed by atoms with Crippen molar-refractivity contribution in [3.05, 3.63) is 28.8 Å². The van der Waals surface area contributed by atoms with E-state index >= 15 is 0 Å². The second-order valence-corrected chi connectivity index (χ2v) is 5.40. The summed E-state index contributed by atoms with van der Waals surface area (Å²) < 4.78 is 22.7. The predicted octanol–water partition coefficient (Wildman–Crippen LogP) is 0.885. The molecule has 0 aromatic heterocycles. The highest BCUT2D eigenvalue weighted by Crippen LogP contribution is 2.24. The first-order chi connectivity index (χ1) is 6.88. The second-order valence-electron chi connectivity index (χ2n) is 3.01. The first-order valence-electron chi connectivity index (χ1n) is 4.09. The van der Waals surface area contributed by atoms with Crippen LogP contribution < -0.4 is 5.73 Å². The highest BCUT2D eigenvalue weighted by molar-refractivity contribution is 7.90. The lowest BCUT2D eigenvalue weighted by Gasteiger charge is -2.07. The van der Waals surface area contributed by atoms with Crippen molar-refractivity contribution in [2.45, 2.75) is 4.90 Å². The molecule has 2 N–H and O–H groups in total. The predicted molar refractivity (Wildman–Crippen MR) is 57.9 cm³/mol. The largest absolute Gasteiger partial charge is 0.324 e. The van der Waals surface area contributed by atoms with Crippen molar-refractivity contribution in [1.29, 1.82) is 0 Å². The molecule has 0 unspecified atom stereocenters. The van der Waals surface area contributed by atoms with Crippen LogP contribution in [0.5, 0.6) is 0 Å². The Balaban J connectivity index is 3.54. The van der Waals surface area contributed by atoms with Gasteiger partial charge in [-0.1, -0.05) is 17.7 Å². The first kappa shape index (κ1) is 12.2. The SMILES string of the molecule is CS(=O)(=O)c1cccc(Cl)c1C(=O)CN. The third-order valence-electron chi connectivity index (χ3n) is 1.84. The number of Topliss-reactive ketones (excluding diaryl/α,β-unsaturated/α-hetero) is 1. The Kier molecular flexibility index (Phi) is 3.49. The van der Waals surface area contributed by atoms with Gasteiger partial charge in [0, 0.05) is 6.26 Å². The summed E-state index contributed by atoms with van der Waals surface area (Å²) in [6, 6.07) is 4.27. The molecule has 82 valence electrons. The Morgan fingerprint density at radius 1 is 1.47 bits per heavy atom. The molecule has 0 aliphatic carbocycles. The van der Waals surface area contributed by atoms with Gasteiger partial charge in [0.05, 0.1) is 22.0 Å². The maximum Gasteiger partial charge on any atom is 0.179 e. The molecule has 6 heteroatoms. The summed E-state index contributed by atoms with van der Waals surface area (Å²) in [6.07, 6.45) is 1.02. The van der Waals surface area contributed by atoms with Gasteiger partial charge in [-0.3, -0.25) is 4.79 Å². The molecule has 1 rings (SSSR count). The molecule has 0 spiro atoms. The summed E-state index contributed by atoms with van der Waals surface area (Å²) in [5, 5.41) is 0.105. The van der Waals surface area contributed by atoms with E-state index in [-0.39, 0.29) is 22.0 Å². The summed E-state index contributed by atoms with van der Waals surface area (Å²) in [6.45, 7) is -0.272. The van der Waals surface area contributed by atoms with Gasteiger partial charge in [0.15, 0.2) is 15.6 Å². The van der Waals surface area contributed by atoms with Crippen molar-refractivity contribution in [1.82, 2.24) is 0 Å². The van der Waals surface area contributed by atoms with E-state index in [9.17, 15) is 13.2 Å². The summed E-state index contributed by atoms with van der Waals surface area (Å²) in [5.41, 5.74) is 5.16. The molecule has 0 aliphatic heterocycles. The van der Waals surface area contributed by atoms with Crippen LogP contribution in [0.15, 0.2) is 23.1 Å². The highest BCUT2D eigenvalue weighted by Gasteiger charge is 2.20. The number of hydrogen-bond donors (Lipinski definition) is 1. The van der Waals surface area contributed by atoms with E-state index in [1.807, 2.05) is 0 Å². The van der Waals surface area contributed by atoms with Crippen LogP contribution in [0, 0.1) is 0 Å². The lowest BCUT2D eigenvalue weighted by Crippen LogP contribution is -2.17. The molecule has 0 fully saturated rings. The monoisotopic (exact) mass is 247 g/mol. The van der Waals surface area contributed by atoms with Crippen LogP contribution in [0.4, 0.5) is 0 Å². The number of sulfone groups is 1. The minimum Gasteiger partial charge on any atom is -0.324 e. The van der Waals surface area contributed by atoms with Crippen molar-refractivity contribution in [3.8, 4) is 0 Å². The summed E-state index contributed by atoms with van der Waals surface area (Å²) in [5.74, 6) is -0.485. The number of hydrogen-bond acceptors (Lipinski definition) is 4. The Morgan fingerprint density at radius 3 is 2.53 bits per heavy atom. The van der Waals surface area contributed by atoms with Crippen LogP contribution in [0.1, 0.15) is 10.4 Å². The molecule has 1 aromatic carbocycles. The fraction of sp³-hybridized carbons (Fsp3) is 0.222.